The van der Waals surface area contributed by atoms with E-state index in [-0.39, 0.29) is 15.9 Å². The Morgan fingerprint density at radius 2 is 1.80 bits per heavy atom. The fourth-order valence-electron chi connectivity index (χ4n) is 4.01. The zero-order chi connectivity index (χ0) is 24.2. The van der Waals surface area contributed by atoms with Crippen LogP contribution >= 0.6 is 23.2 Å². The average molecular weight is 529 g/mol. The highest BCUT2D eigenvalue weighted by molar-refractivity contribution is 7.92. The van der Waals surface area contributed by atoms with Crippen LogP contribution in [0.5, 0.6) is 11.6 Å². The molecule has 2 aromatic heterocycles. The molecule has 4 aromatic rings. The van der Waals surface area contributed by atoms with Crippen LogP contribution in [-0.2, 0) is 16.4 Å². The lowest BCUT2D eigenvalue weighted by Gasteiger charge is -2.20. The number of nitrogens with zero attached hydrogens (tertiary/aromatic N) is 4. The monoisotopic (exact) mass is 528 g/mol. The van der Waals surface area contributed by atoms with E-state index in [1.165, 1.54) is 16.4 Å². The third-order valence-electron chi connectivity index (χ3n) is 5.94. The van der Waals surface area contributed by atoms with Crippen molar-refractivity contribution < 1.29 is 17.7 Å². The van der Waals surface area contributed by atoms with Gasteiger partial charge in [0.25, 0.3) is 15.9 Å². The molecule has 178 valence electrons. The summed E-state index contributed by atoms with van der Waals surface area (Å²) in [5.41, 5.74) is 2.06. The van der Waals surface area contributed by atoms with Crippen molar-refractivity contribution in [3.8, 4) is 23.1 Å². The molecule has 1 fully saturated rings. The molecule has 8 nitrogen and oxygen atoms in total. The van der Waals surface area contributed by atoms with Gasteiger partial charge < -0.3 is 9.26 Å². The minimum Gasteiger partial charge on any atom is -0.439 e. The maximum Gasteiger partial charge on any atom is 0.264 e. The SMILES string of the molecule is O=S(=O)(c1ccc(Cl)cc1)N1CCc2ccc(Oc3cc(-c4nc(C5CC5)no4)cc(Cl)n3)cc21. The molecule has 2 aromatic carbocycles. The largest absolute Gasteiger partial charge is 0.439 e. The molecule has 1 aliphatic carbocycles. The maximum absolute atomic E-state index is 13.3. The fraction of sp³-hybridized carbons (Fsp3) is 0.208. The van der Waals surface area contributed by atoms with Crippen LogP contribution in [0.2, 0.25) is 10.2 Å². The number of halogens is 2. The van der Waals surface area contributed by atoms with Gasteiger partial charge in [0.1, 0.15) is 10.9 Å². The molecule has 0 atom stereocenters. The lowest BCUT2D eigenvalue weighted by Crippen LogP contribution is -2.29. The Bertz CT molecular complexity index is 1540. The van der Waals surface area contributed by atoms with Gasteiger partial charge in [0, 0.05) is 35.2 Å². The standard InChI is InChI=1S/C24H18Cl2N4O4S/c25-17-4-7-19(8-5-17)35(31,32)30-10-9-14-3-6-18(13-20(14)30)33-22-12-16(11-21(26)27-22)24-28-23(29-34-24)15-1-2-15/h3-8,11-13,15H,1-2,9-10H2. The highest BCUT2D eigenvalue weighted by Crippen LogP contribution is 2.40. The van der Waals surface area contributed by atoms with Gasteiger partial charge in [-0.1, -0.05) is 34.4 Å². The van der Waals surface area contributed by atoms with Crippen molar-refractivity contribution >= 4 is 38.9 Å². The van der Waals surface area contributed by atoms with E-state index in [0.29, 0.717) is 52.6 Å². The number of hydrogen-bond acceptors (Lipinski definition) is 7. The summed E-state index contributed by atoms with van der Waals surface area (Å²) in [4.78, 5) is 8.86. The summed E-state index contributed by atoms with van der Waals surface area (Å²) < 4.78 is 39.3. The molecule has 11 heteroatoms. The molecule has 6 rings (SSSR count). The third kappa shape index (κ3) is 4.35. The van der Waals surface area contributed by atoms with E-state index < -0.39 is 10.0 Å². The van der Waals surface area contributed by atoms with Crippen molar-refractivity contribution in [2.24, 2.45) is 0 Å². The molecule has 0 amide bonds. The molecule has 0 N–H and O–H groups in total. The second kappa shape index (κ2) is 8.51. The number of aromatic nitrogens is 3. The van der Waals surface area contributed by atoms with E-state index in [1.807, 2.05) is 6.07 Å². The summed E-state index contributed by atoms with van der Waals surface area (Å²) in [6, 6.07) is 14.7. The van der Waals surface area contributed by atoms with Crippen LogP contribution in [0.1, 0.15) is 30.1 Å². The first-order valence-corrected chi connectivity index (χ1v) is 13.2. The second-order valence-electron chi connectivity index (χ2n) is 8.42. The first kappa shape index (κ1) is 22.3. The van der Waals surface area contributed by atoms with Gasteiger partial charge in [-0.3, -0.25) is 4.31 Å². The Balaban J connectivity index is 1.29. The predicted molar refractivity (Wildman–Crippen MR) is 131 cm³/mol. The van der Waals surface area contributed by atoms with Gasteiger partial charge in [0.2, 0.25) is 5.88 Å². The third-order valence-corrected chi connectivity index (χ3v) is 8.21. The highest BCUT2D eigenvalue weighted by atomic mass is 35.5. The van der Waals surface area contributed by atoms with E-state index in [2.05, 4.69) is 15.1 Å². The smallest absolute Gasteiger partial charge is 0.264 e. The molecule has 0 spiro atoms. The van der Waals surface area contributed by atoms with Crippen LogP contribution in [0.25, 0.3) is 11.5 Å². The normalized spacial score (nSPS) is 15.3. The second-order valence-corrected chi connectivity index (χ2v) is 11.1. The number of benzene rings is 2. The number of sulfonamides is 1. The van der Waals surface area contributed by atoms with E-state index in [0.717, 1.165) is 18.4 Å². The molecule has 0 unspecified atom stereocenters. The van der Waals surface area contributed by atoms with Crippen molar-refractivity contribution in [1.29, 1.82) is 0 Å². The Morgan fingerprint density at radius 1 is 1.00 bits per heavy atom. The minimum atomic E-state index is -3.75. The van der Waals surface area contributed by atoms with Gasteiger partial charge in [-0.2, -0.15) is 4.98 Å². The quantitative estimate of drug-likeness (QED) is 0.289. The van der Waals surface area contributed by atoms with E-state index in [9.17, 15) is 8.42 Å². The Labute approximate surface area is 211 Å². The van der Waals surface area contributed by atoms with Gasteiger partial charge in [0.05, 0.1) is 10.6 Å². The molecule has 2 aliphatic rings. The highest BCUT2D eigenvalue weighted by Gasteiger charge is 2.32. The van der Waals surface area contributed by atoms with Crippen molar-refractivity contribution in [2.75, 3.05) is 10.8 Å². The van der Waals surface area contributed by atoms with Crippen LogP contribution < -0.4 is 9.04 Å². The number of pyridine rings is 1. The number of ether oxygens (including phenoxy) is 1. The number of fused-ring (bicyclic) bond motifs is 1. The topological polar surface area (TPSA) is 98.4 Å². The van der Waals surface area contributed by atoms with Gasteiger partial charge >= 0.3 is 0 Å². The number of rotatable bonds is 6. The lowest BCUT2D eigenvalue weighted by molar-refractivity contribution is 0.421. The van der Waals surface area contributed by atoms with Gasteiger partial charge in [-0.15, -0.1) is 0 Å². The van der Waals surface area contributed by atoms with Crippen molar-refractivity contribution in [3.05, 3.63) is 76.2 Å². The van der Waals surface area contributed by atoms with Gasteiger partial charge in [-0.25, -0.2) is 13.4 Å². The molecule has 35 heavy (non-hydrogen) atoms. The predicted octanol–water partition coefficient (Wildman–Crippen LogP) is 5.86. The molecule has 0 saturated heterocycles. The van der Waals surface area contributed by atoms with Crippen LogP contribution in [0.4, 0.5) is 5.69 Å². The fourth-order valence-corrected chi connectivity index (χ4v) is 5.83. The van der Waals surface area contributed by atoms with Gasteiger partial charge in [-0.05, 0) is 61.2 Å². The summed E-state index contributed by atoms with van der Waals surface area (Å²) in [7, 11) is -3.75. The summed E-state index contributed by atoms with van der Waals surface area (Å²) in [5.74, 6) is 2.04. The van der Waals surface area contributed by atoms with E-state index in [1.54, 1.807) is 36.4 Å². The molecular weight excluding hydrogens is 511 g/mol. The first-order chi connectivity index (χ1) is 16.9. The Morgan fingerprint density at radius 3 is 2.57 bits per heavy atom. The van der Waals surface area contributed by atoms with E-state index in [4.69, 9.17) is 32.5 Å². The molecule has 1 aliphatic heterocycles. The number of hydrogen-bond donors (Lipinski definition) is 0. The van der Waals surface area contributed by atoms with E-state index >= 15 is 0 Å². The van der Waals surface area contributed by atoms with Crippen molar-refractivity contribution in [3.63, 3.8) is 0 Å². The molecule has 3 heterocycles. The molecule has 0 bridgehead atoms. The van der Waals surface area contributed by atoms with Crippen molar-refractivity contribution in [2.45, 2.75) is 30.1 Å². The Kier molecular flexibility index (Phi) is 5.43. The summed E-state index contributed by atoms with van der Waals surface area (Å²) >= 11 is 12.2. The average Bonchev–Trinajstić information content (AvgIpc) is 3.39. The molecule has 1 saturated carbocycles. The van der Waals surface area contributed by atoms with Crippen LogP contribution in [-0.4, -0.2) is 30.1 Å². The first-order valence-electron chi connectivity index (χ1n) is 11.0. The van der Waals surface area contributed by atoms with Crippen molar-refractivity contribution in [1.82, 2.24) is 15.1 Å². The molecule has 0 radical (unpaired) electrons. The zero-order valence-corrected chi connectivity index (χ0v) is 20.5. The maximum atomic E-state index is 13.3. The van der Waals surface area contributed by atoms with Crippen LogP contribution in [0.3, 0.4) is 0 Å². The number of anilines is 1. The van der Waals surface area contributed by atoms with Crippen LogP contribution in [0, 0.1) is 0 Å². The van der Waals surface area contributed by atoms with Crippen LogP contribution in [0.15, 0.2) is 64.0 Å². The Hall–Kier alpha value is -3.14. The van der Waals surface area contributed by atoms with Gasteiger partial charge in [0.15, 0.2) is 5.82 Å². The zero-order valence-electron chi connectivity index (χ0n) is 18.2. The summed E-state index contributed by atoms with van der Waals surface area (Å²) in [6.45, 7) is 0.337. The minimum absolute atomic E-state index is 0.173. The summed E-state index contributed by atoms with van der Waals surface area (Å²) in [5, 5.41) is 4.71. The lowest BCUT2D eigenvalue weighted by atomic mass is 10.1. The summed E-state index contributed by atoms with van der Waals surface area (Å²) in [6.07, 6.45) is 2.73. The molecular formula is C24H18Cl2N4O4S.